The molecule has 15 heavy (non-hydrogen) atoms. The van der Waals surface area contributed by atoms with Gasteiger partial charge in [0.25, 0.3) is 0 Å². The van der Waals surface area contributed by atoms with Crippen LogP contribution in [0.3, 0.4) is 0 Å². The number of carbonyl (C=O) groups is 1. The van der Waals surface area contributed by atoms with Crippen molar-refractivity contribution in [2.75, 3.05) is 0 Å². The third-order valence-corrected chi connectivity index (χ3v) is 4.10. The van der Waals surface area contributed by atoms with E-state index >= 15 is 0 Å². The molecule has 2 aromatic rings. The molecule has 0 atom stereocenters. The third-order valence-electron chi connectivity index (χ3n) is 1.96. The fourth-order valence-corrected chi connectivity index (χ4v) is 2.94. The Morgan fingerprint density at radius 1 is 1.27 bits per heavy atom. The van der Waals surface area contributed by atoms with Crippen LogP contribution in [-0.4, -0.2) is 6.29 Å². The highest BCUT2D eigenvalue weighted by molar-refractivity contribution is 14.1. The zero-order valence-corrected chi connectivity index (χ0v) is 10.5. The first kappa shape index (κ1) is 10.8. The summed E-state index contributed by atoms with van der Waals surface area (Å²) in [5, 5.41) is 0. The van der Waals surface area contributed by atoms with Crippen LogP contribution in [0, 0.1) is 9.39 Å². The molecule has 4 heteroatoms. The Balaban J connectivity index is 2.53. The molecule has 0 aliphatic carbocycles. The highest BCUT2D eigenvalue weighted by atomic mass is 127. The Morgan fingerprint density at radius 2 is 2.07 bits per heavy atom. The van der Waals surface area contributed by atoms with Crippen LogP contribution >= 0.6 is 33.9 Å². The maximum atomic E-state index is 13.3. The fraction of sp³-hybridized carbons (Fsp3) is 0. The van der Waals surface area contributed by atoms with E-state index in [2.05, 4.69) is 0 Å². The van der Waals surface area contributed by atoms with Crippen molar-refractivity contribution in [2.24, 2.45) is 0 Å². The van der Waals surface area contributed by atoms with E-state index in [1.807, 2.05) is 34.7 Å². The molecule has 2 rings (SSSR count). The maximum Gasteiger partial charge on any atom is 0.160 e. The Labute approximate surface area is 104 Å². The van der Waals surface area contributed by atoms with Gasteiger partial charge in [-0.1, -0.05) is 12.1 Å². The van der Waals surface area contributed by atoms with E-state index in [1.54, 1.807) is 12.1 Å². The molecule has 1 nitrogen and oxygen atoms in total. The largest absolute Gasteiger partial charge is 0.297 e. The average molecular weight is 332 g/mol. The molecular weight excluding hydrogens is 326 g/mol. The minimum absolute atomic E-state index is 0.228. The van der Waals surface area contributed by atoms with E-state index in [-0.39, 0.29) is 5.82 Å². The number of carbonyl (C=O) groups excluding carboxylic acids is 1. The molecule has 1 aromatic carbocycles. The van der Waals surface area contributed by atoms with Crippen LogP contribution in [0.4, 0.5) is 4.39 Å². The molecule has 0 spiro atoms. The van der Waals surface area contributed by atoms with Crippen LogP contribution < -0.4 is 0 Å². The van der Waals surface area contributed by atoms with E-state index in [0.29, 0.717) is 8.45 Å². The van der Waals surface area contributed by atoms with Gasteiger partial charge in [0.15, 0.2) is 6.29 Å². The van der Waals surface area contributed by atoms with Gasteiger partial charge in [-0.05, 0) is 40.8 Å². The molecule has 0 saturated heterocycles. The first-order valence-electron chi connectivity index (χ1n) is 4.22. The Bertz CT molecular complexity index is 507. The number of aldehydes is 1. The molecule has 0 saturated carbocycles. The predicted octanol–water partition coefficient (Wildman–Crippen LogP) is 3.97. The van der Waals surface area contributed by atoms with Crippen molar-refractivity contribution in [3.8, 4) is 10.4 Å². The number of thiophene rings is 1. The lowest BCUT2D eigenvalue weighted by Crippen LogP contribution is -1.84. The third kappa shape index (κ3) is 2.10. The summed E-state index contributed by atoms with van der Waals surface area (Å²) in [6.45, 7) is 0. The number of hydrogen-bond acceptors (Lipinski definition) is 2. The molecule has 1 heterocycles. The van der Waals surface area contributed by atoms with E-state index in [4.69, 9.17) is 0 Å². The Morgan fingerprint density at radius 3 is 2.73 bits per heavy atom. The smallest absolute Gasteiger partial charge is 0.160 e. The summed E-state index contributed by atoms with van der Waals surface area (Å²) >= 11 is 3.34. The van der Waals surface area contributed by atoms with Crippen LogP contribution in [-0.2, 0) is 0 Å². The lowest BCUT2D eigenvalue weighted by atomic mass is 10.2. The lowest BCUT2D eigenvalue weighted by Gasteiger charge is -2.01. The van der Waals surface area contributed by atoms with Crippen LogP contribution in [0.15, 0.2) is 30.3 Å². The molecule has 0 bridgehead atoms. The highest BCUT2D eigenvalue weighted by Crippen LogP contribution is 2.31. The first-order chi connectivity index (χ1) is 7.22. The summed E-state index contributed by atoms with van der Waals surface area (Å²) in [6.07, 6.45) is 0.806. The van der Waals surface area contributed by atoms with Crippen LogP contribution in [0.5, 0.6) is 0 Å². The summed E-state index contributed by atoms with van der Waals surface area (Å²) in [5.74, 6) is -0.228. The zero-order chi connectivity index (χ0) is 10.8. The summed E-state index contributed by atoms with van der Waals surface area (Å²) in [4.78, 5) is 12.1. The van der Waals surface area contributed by atoms with Gasteiger partial charge < -0.3 is 0 Å². The number of benzene rings is 1. The van der Waals surface area contributed by atoms with Crippen molar-refractivity contribution in [1.29, 1.82) is 0 Å². The maximum absolute atomic E-state index is 13.3. The molecule has 0 N–H and O–H groups in total. The van der Waals surface area contributed by atoms with Gasteiger partial charge in [-0.2, -0.15) is 0 Å². The molecule has 1 aromatic heterocycles. The molecule has 0 amide bonds. The summed E-state index contributed by atoms with van der Waals surface area (Å²) in [6, 6.07) is 8.54. The van der Waals surface area contributed by atoms with E-state index < -0.39 is 0 Å². The molecule has 0 fully saturated rings. The molecule has 0 aliphatic rings. The van der Waals surface area contributed by atoms with Gasteiger partial charge in [0.05, 0.1) is 8.45 Å². The average Bonchev–Trinajstić information content (AvgIpc) is 2.70. The van der Waals surface area contributed by atoms with Gasteiger partial charge in [-0.25, -0.2) is 4.39 Å². The molecule has 0 aliphatic heterocycles. The number of halogens is 2. The van der Waals surface area contributed by atoms with Crippen molar-refractivity contribution >= 4 is 40.2 Å². The number of hydrogen-bond donors (Lipinski definition) is 0. The van der Waals surface area contributed by atoms with Gasteiger partial charge in [0, 0.05) is 10.4 Å². The Hall–Kier alpha value is -0.750. The molecular formula is C11H6FIOS. The second-order valence-corrected chi connectivity index (χ2v) is 5.12. The van der Waals surface area contributed by atoms with Crippen molar-refractivity contribution in [3.05, 3.63) is 44.6 Å². The lowest BCUT2D eigenvalue weighted by molar-refractivity contribution is 0.112. The van der Waals surface area contributed by atoms with Gasteiger partial charge >= 0.3 is 0 Å². The van der Waals surface area contributed by atoms with Crippen molar-refractivity contribution < 1.29 is 9.18 Å². The molecule has 0 radical (unpaired) electrons. The number of rotatable bonds is 2. The SMILES string of the molecule is O=Cc1ccc(-c2cccc(F)c2I)s1. The van der Waals surface area contributed by atoms with E-state index in [9.17, 15) is 9.18 Å². The normalized spacial score (nSPS) is 10.3. The van der Waals surface area contributed by atoms with E-state index in [1.165, 1.54) is 17.4 Å². The van der Waals surface area contributed by atoms with E-state index in [0.717, 1.165) is 16.7 Å². The van der Waals surface area contributed by atoms with Gasteiger partial charge in [0.2, 0.25) is 0 Å². The molecule has 0 unspecified atom stereocenters. The topological polar surface area (TPSA) is 17.1 Å². The summed E-state index contributed by atoms with van der Waals surface area (Å²) < 4.78 is 13.9. The van der Waals surface area contributed by atoms with Crippen molar-refractivity contribution in [1.82, 2.24) is 0 Å². The van der Waals surface area contributed by atoms with Crippen LogP contribution in [0.25, 0.3) is 10.4 Å². The van der Waals surface area contributed by atoms with Crippen molar-refractivity contribution in [2.45, 2.75) is 0 Å². The first-order valence-corrected chi connectivity index (χ1v) is 6.11. The minimum Gasteiger partial charge on any atom is -0.297 e. The standard InChI is InChI=1S/C11H6FIOS/c12-9-3-1-2-8(11(9)13)10-5-4-7(6-14)15-10/h1-6H. The molecule has 76 valence electrons. The quantitative estimate of drug-likeness (QED) is 0.601. The predicted molar refractivity (Wildman–Crippen MR) is 67.8 cm³/mol. The summed E-state index contributed by atoms with van der Waals surface area (Å²) in [5.41, 5.74) is 0.841. The van der Waals surface area contributed by atoms with Crippen molar-refractivity contribution in [3.63, 3.8) is 0 Å². The van der Waals surface area contributed by atoms with Gasteiger partial charge in [0.1, 0.15) is 5.82 Å². The Kier molecular flexibility index (Phi) is 3.16. The monoisotopic (exact) mass is 332 g/mol. The fourth-order valence-electron chi connectivity index (χ4n) is 1.26. The van der Waals surface area contributed by atoms with Crippen LogP contribution in [0.1, 0.15) is 9.67 Å². The van der Waals surface area contributed by atoms with Gasteiger partial charge in [-0.3, -0.25) is 4.79 Å². The van der Waals surface area contributed by atoms with Gasteiger partial charge in [-0.15, -0.1) is 11.3 Å². The summed E-state index contributed by atoms with van der Waals surface area (Å²) in [7, 11) is 0. The zero-order valence-electron chi connectivity index (χ0n) is 7.54. The highest BCUT2D eigenvalue weighted by Gasteiger charge is 2.09. The van der Waals surface area contributed by atoms with Crippen LogP contribution in [0.2, 0.25) is 0 Å². The minimum atomic E-state index is -0.228. The second kappa shape index (κ2) is 4.40. The second-order valence-electron chi connectivity index (χ2n) is 2.92.